The Kier molecular flexibility index (Phi) is 3.14. The van der Waals surface area contributed by atoms with Gasteiger partial charge in [-0.25, -0.2) is 0 Å². The van der Waals surface area contributed by atoms with E-state index in [1.165, 1.54) is 42.5 Å². The van der Waals surface area contributed by atoms with Crippen LogP contribution in [0.2, 0.25) is 0 Å². The van der Waals surface area contributed by atoms with Crippen molar-refractivity contribution in [3.8, 4) is 5.75 Å². The second-order valence-electron chi connectivity index (χ2n) is 7.57. The summed E-state index contributed by atoms with van der Waals surface area (Å²) in [6, 6.07) is 4.06. The number of phenols is 1. The summed E-state index contributed by atoms with van der Waals surface area (Å²) in [4.78, 5) is 2.50. The smallest absolute Gasteiger partial charge is 0.171 e. The van der Waals surface area contributed by atoms with Gasteiger partial charge in [0.05, 0.1) is 13.2 Å². The van der Waals surface area contributed by atoms with Gasteiger partial charge in [-0.1, -0.05) is 0 Å². The molecule has 0 unspecified atom stereocenters. The van der Waals surface area contributed by atoms with Crippen molar-refractivity contribution in [1.82, 2.24) is 0 Å². The summed E-state index contributed by atoms with van der Waals surface area (Å²) >= 11 is 0. The molecule has 0 amide bonds. The maximum absolute atomic E-state index is 10.4. The Morgan fingerprint density at radius 2 is 1.52 bits per heavy atom. The first-order valence-electron chi connectivity index (χ1n) is 9.14. The van der Waals surface area contributed by atoms with Crippen molar-refractivity contribution < 1.29 is 14.6 Å². The number of aromatic hydroxyl groups is 1. The number of rotatable bonds is 1. The molecule has 124 valence electrons. The zero-order valence-electron chi connectivity index (χ0n) is 13.6. The molecule has 5 aliphatic rings. The van der Waals surface area contributed by atoms with Crippen molar-refractivity contribution in [1.29, 1.82) is 0 Å². The van der Waals surface area contributed by atoms with Gasteiger partial charge >= 0.3 is 0 Å². The number of nitrogens with zero attached hydrogens (tertiary/aromatic N) is 1. The van der Waals surface area contributed by atoms with E-state index in [1.54, 1.807) is 0 Å². The molecular formula is C19H25NO3. The van der Waals surface area contributed by atoms with Crippen LogP contribution in [0.4, 0.5) is 5.69 Å². The first kappa shape index (κ1) is 14.1. The van der Waals surface area contributed by atoms with Crippen LogP contribution in [0, 0.1) is 0 Å². The van der Waals surface area contributed by atoms with Gasteiger partial charge in [0.25, 0.3) is 0 Å². The lowest BCUT2D eigenvalue weighted by Crippen LogP contribution is -2.45. The van der Waals surface area contributed by atoms with E-state index >= 15 is 0 Å². The fourth-order valence-electron chi connectivity index (χ4n) is 5.29. The van der Waals surface area contributed by atoms with Gasteiger partial charge in [0.2, 0.25) is 0 Å². The quantitative estimate of drug-likeness (QED) is 0.861. The molecule has 3 fully saturated rings. The van der Waals surface area contributed by atoms with Crippen molar-refractivity contribution in [3.63, 3.8) is 0 Å². The standard InChI is InChI=1S/C19H25NO3/c21-16-6-5-15(17-13-1-3-14(4-2-13)18(16)17)20-9-7-19(8-10-20)22-11-12-23-19/h5-6,13-14,21H,1-4,7-12H2. The van der Waals surface area contributed by atoms with Crippen LogP contribution in [0.5, 0.6) is 5.75 Å². The van der Waals surface area contributed by atoms with Crippen molar-refractivity contribution in [2.24, 2.45) is 0 Å². The number of hydrogen-bond acceptors (Lipinski definition) is 4. The number of piperidine rings is 1. The molecule has 23 heavy (non-hydrogen) atoms. The van der Waals surface area contributed by atoms with E-state index < -0.39 is 0 Å². The Hall–Kier alpha value is -1.26. The number of hydrogen-bond donors (Lipinski definition) is 1. The van der Waals surface area contributed by atoms with E-state index in [-0.39, 0.29) is 5.79 Å². The molecule has 4 heteroatoms. The van der Waals surface area contributed by atoms with Crippen LogP contribution in [-0.2, 0) is 9.47 Å². The van der Waals surface area contributed by atoms with Gasteiger partial charge in [-0.2, -0.15) is 0 Å². The summed E-state index contributed by atoms with van der Waals surface area (Å²) in [7, 11) is 0. The Balaban J connectivity index is 1.47. The van der Waals surface area contributed by atoms with Crippen molar-refractivity contribution in [3.05, 3.63) is 23.3 Å². The summed E-state index contributed by atoms with van der Waals surface area (Å²) in [5.74, 6) is 1.43. The number of fused-ring (bicyclic) bond motifs is 2. The number of phenolic OH excluding ortho intramolecular Hbond substituents is 1. The van der Waals surface area contributed by atoms with E-state index in [9.17, 15) is 5.11 Å². The normalized spacial score (nSPS) is 31.6. The van der Waals surface area contributed by atoms with Gasteiger partial charge in [-0.3, -0.25) is 0 Å². The minimum absolute atomic E-state index is 0.313. The highest BCUT2D eigenvalue weighted by molar-refractivity contribution is 5.65. The molecule has 0 aromatic heterocycles. The molecule has 0 atom stereocenters. The van der Waals surface area contributed by atoms with Gasteiger partial charge in [0.15, 0.2) is 5.79 Å². The van der Waals surface area contributed by atoms with Crippen molar-refractivity contribution in [2.45, 2.75) is 56.1 Å². The van der Waals surface area contributed by atoms with Gasteiger partial charge in [0, 0.05) is 37.2 Å². The summed E-state index contributed by atoms with van der Waals surface area (Å²) in [6.45, 7) is 3.43. The van der Waals surface area contributed by atoms with E-state index in [0.29, 0.717) is 17.6 Å². The Morgan fingerprint density at radius 3 is 2.17 bits per heavy atom. The topological polar surface area (TPSA) is 41.9 Å². The third-order valence-corrected chi connectivity index (χ3v) is 6.46. The number of benzene rings is 1. The molecule has 6 rings (SSSR count). The van der Waals surface area contributed by atoms with Gasteiger partial charge < -0.3 is 19.5 Å². The predicted octanol–water partition coefficient (Wildman–Crippen LogP) is 3.49. The largest absolute Gasteiger partial charge is 0.508 e. The molecule has 1 aromatic rings. The lowest BCUT2D eigenvalue weighted by Gasteiger charge is -2.44. The fraction of sp³-hybridized carbons (Fsp3) is 0.684. The second-order valence-corrected chi connectivity index (χ2v) is 7.57. The van der Waals surface area contributed by atoms with Crippen molar-refractivity contribution >= 4 is 5.69 Å². The molecule has 1 aromatic carbocycles. The van der Waals surface area contributed by atoms with Crippen LogP contribution in [0.25, 0.3) is 0 Å². The SMILES string of the molecule is Oc1ccc(N2CCC3(CC2)OCCO3)c2c1C1CCC2CC1. The molecule has 1 N–H and O–H groups in total. The average molecular weight is 315 g/mol. The number of ether oxygens (including phenoxy) is 2. The van der Waals surface area contributed by atoms with Crippen LogP contribution < -0.4 is 4.90 Å². The molecule has 2 aliphatic heterocycles. The Morgan fingerprint density at radius 1 is 0.913 bits per heavy atom. The summed E-state index contributed by atoms with van der Waals surface area (Å²) in [5, 5.41) is 10.4. The summed E-state index contributed by atoms with van der Waals surface area (Å²) in [6.07, 6.45) is 6.96. The Labute approximate surface area is 137 Å². The molecule has 4 nitrogen and oxygen atoms in total. The van der Waals surface area contributed by atoms with E-state index in [2.05, 4.69) is 11.0 Å². The molecule has 2 saturated heterocycles. The van der Waals surface area contributed by atoms with E-state index in [1.807, 2.05) is 6.07 Å². The molecule has 1 spiro atoms. The van der Waals surface area contributed by atoms with Crippen molar-refractivity contribution in [2.75, 3.05) is 31.2 Å². The van der Waals surface area contributed by atoms with Crippen LogP contribution in [-0.4, -0.2) is 37.2 Å². The Bertz CT molecular complexity index is 605. The van der Waals surface area contributed by atoms with Gasteiger partial charge in [-0.05, 0) is 55.2 Å². The van der Waals surface area contributed by atoms with E-state index in [0.717, 1.165) is 39.1 Å². The van der Waals surface area contributed by atoms with Crippen LogP contribution in [0.1, 0.15) is 61.5 Å². The second kappa shape index (κ2) is 5.12. The number of anilines is 1. The lowest BCUT2D eigenvalue weighted by atomic mass is 9.66. The molecule has 2 heterocycles. The first-order chi connectivity index (χ1) is 11.3. The van der Waals surface area contributed by atoms with Crippen LogP contribution >= 0.6 is 0 Å². The maximum atomic E-state index is 10.4. The van der Waals surface area contributed by atoms with Crippen LogP contribution in [0.3, 0.4) is 0 Å². The highest BCUT2D eigenvalue weighted by atomic mass is 16.7. The van der Waals surface area contributed by atoms with Crippen LogP contribution in [0.15, 0.2) is 12.1 Å². The highest BCUT2D eigenvalue weighted by Crippen LogP contribution is 2.55. The average Bonchev–Trinajstić information content (AvgIpc) is 3.05. The van der Waals surface area contributed by atoms with Gasteiger partial charge in [-0.15, -0.1) is 0 Å². The molecule has 1 saturated carbocycles. The third-order valence-electron chi connectivity index (χ3n) is 6.46. The minimum Gasteiger partial charge on any atom is -0.508 e. The maximum Gasteiger partial charge on any atom is 0.171 e. The molecule has 3 aliphatic carbocycles. The highest BCUT2D eigenvalue weighted by Gasteiger charge is 2.42. The molecular weight excluding hydrogens is 290 g/mol. The first-order valence-corrected chi connectivity index (χ1v) is 9.14. The predicted molar refractivity (Wildman–Crippen MR) is 88.1 cm³/mol. The lowest BCUT2D eigenvalue weighted by molar-refractivity contribution is -0.169. The summed E-state index contributed by atoms with van der Waals surface area (Å²) in [5.41, 5.74) is 4.08. The zero-order valence-corrected chi connectivity index (χ0v) is 13.6. The molecule has 2 bridgehead atoms. The van der Waals surface area contributed by atoms with E-state index in [4.69, 9.17) is 9.47 Å². The summed E-state index contributed by atoms with van der Waals surface area (Å²) < 4.78 is 11.7. The fourth-order valence-corrected chi connectivity index (χ4v) is 5.29. The minimum atomic E-state index is -0.313. The third kappa shape index (κ3) is 2.11. The zero-order chi connectivity index (χ0) is 15.4. The van der Waals surface area contributed by atoms with Gasteiger partial charge in [0.1, 0.15) is 5.75 Å². The molecule has 0 radical (unpaired) electrons. The monoisotopic (exact) mass is 315 g/mol.